The van der Waals surface area contributed by atoms with Crippen LogP contribution in [0.5, 0.6) is 5.75 Å². The fraction of sp³-hybridized carbons (Fsp3) is 0.357. The second-order valence-corrected chi connectivity index (χ2v) is 4.28. The number of halogens is 1. The van der Waals surface area contributed by atoms with Gasteiger partial charge in [-0.2, -0.15) is 5.10 Å². The van der Waals surface area contributed by atoms with Crippen molar-refractivity contribution in [3.63, 3.8) is 0 Å². The molecule has 0 spiro atoms. The molecule has 4 nitrogen and oxygen atoms in total. The molecule has 0 aliphatic carbocycles. The van der Waals surface area contributed by atoms with Crippen LogP contribution in [0.1, 0.15) is 30.7 Å². The lowest BCUT2D eigenvalue weighted by Crippen LogP contribution is -2.10. The van der Waals surface area contributed by atoms with Gasteiger partial charge in [-0.25, -0.2) is 4.39 Å². The zero-order valence-electron chi connectivity index (χ0n) is 11.0. The highest BCUT2D eigenvalue weighted by atomic mass is 19.1. The van der Waals surface area contributed by atoms with Gasteiger partial charge in [-0.15, -0.1) is 0 Å². The molecule has 1 N–H and O–H groups in total. The van der Waals surface area contributed by atoms with Gasteiger partial charge in [0.2, 0.25) is 0 Å². The number of ether oxygens (including phenoxy) is 1. The van der Waals surface area contributed by atoms with Crippen LogP contribution >= 0.6 is 0 Å². The van der Waals surface area contributed by atoms with Crippen molar-refractivity contribution in [2.75, 3.05) is 7.11 Å². The molecule has 2 aromatic rings. The molecule has 1 unspecified atom stereocenters. The van der Waals surface area contributed by atoms with Crippen LogP contribution in [0.4, 0.5) is 4.39 Å². The lowest BCUT2D eigenvalue weighted by Gasteiger charge is -2.14. The van der Waals surface area contributed by atoms with Gasteiger partial charge in [-0.3, -0.25) is 4.68 Å². The van der Waals surface area contributed by atoms with Gasteiger partial charge in [0.05, 0.1) is 12.8 Å². The number of hydrogen-bond acceptors (Lipinski definition) is 3. The van der Waals surface area contributed by atoms with E-state index in [-0.39, 0.29) is 5.75 Å². The summed E-state index contributed by atoms with van der Waals surface area (Å²) in [6.45, 7) is 2.75. The number of methoxy groups -OCH3 is 1. The van der Waals surface area contributed by atoms with E-state index < -0.39 is 11.9 Å². The SMILES string of the molecule is CCCn1nccc1C(O)c1ccc(OC)c(F)c1. The Morgan fingerprint density at radius 2 is 2.21 bits per heavy atom. The number of aryl methyl sites for hydroxylation is 1. The molecule has 2 rings (SSSR count). The molecule has 102 valence electrons. The predicted molar refractivity (Wildman–Crippen MR) is 69.5 cm³/mol. The van der Waals surface area contributed by atoms with Gasteiger partial charge in [0.25, 0.3) is 0 Å². The topological polar surface area (TPSA) is 47.3 Å². The number of hydrogen-bond donors (Lipinski definition) is 1. The molecule has 0 amide bonds. The molecular weight excluding hydrogens is 247 g/mol. The summed E-state index contributed by atoms with van der Waals surface area (Å²) in [5.41, 5.74) is 1.14. The van der Waals surface area contributed by atoms with E-state index in [9.17, 15) is 9.50 Å². The average molecular weight is 264 g/mol. The first-order valence-corrected chi connectivity index (χ1v) is 6.20. The van der Waals surface area contributed by atoms with Crippen molar-refractivity contribution < 1.29 is 14.2 Å². The van der Waals surface area contributed by atoms with Gasteiger partial charge >= 0.3 is 0 Å². The van der Waals surface area contributed by atoms with Crippen LogP contribution in [0.2, 0.25) is 0 Å². The summed E-state index contributed by atoms with van der Waals surface area (Å²) in [6, 6.07) is 6.18. The molecule has 1 atom stereocenters. The average Bonchev–Trinajstić information content (AvgIpc) is 2.86. The molecule has 5 heteroatoms. The Kier molecular flexibility index (Phi) is 4.16. The van der Waals surface area contributed by atoms with Crippen molar-refractivity contribution >= 4 is 0 Å². The first-order chi connectivity index (χ1) is 9.17. The van der Waals surface area contributed by atoms with Crippen molar-refractivity contribution in [1.82, 2.24) is 9.78 Å². The first kappa shape index (κ1) is 13.5. The predicted octanol–water partition coefficient (Wildman–Crippen LogP) is 2.52. The second kappa shape index (κ2) is 5.84. The monoisotopic (exact) mass is 264 g/mol. The largest absolute Gasteiger partial charge is 0.494 e. The van der Waals surface area contributed by atoms with Gasteiger partial charge in [-0.1, -0.05) is 13.0 Å². The molecule has 0 bridgehead atoms. The van der Waals surface area contributed by atoms with E-state index in [0.29, 0.717) is 11.3 Å². The van der Waals surface area contributed by atoms with Crippen LogP contribution in [-0.4, -0.2) is 22.0 Å². The highest BCUT2D eigenvalue weighted by Gasteiger charge is 2.17. The van der Waals surface area contributed by atoms with Crippen molar-refractivity contribution in [3.05, 3.63) is 47.5 Å². The highest BCUT2D eigenvalue weighted by molar-refractivity contribution is 5.33. The van der Waals surface area contributed by atoms with E-state index in [4.69, 9.17) is 4.74 Å². The van der Waals surface area contributed by atoms with Crippen molar-refractivity contribution in [3.8, 4) is 5.75 Å². The normalized spacial score (nSPS) is 12.4. The lowest BCUT2D eigenvalue weighted by atomic mass is 10.1. The third-order valence-electron chi connectivity index (χ3n) is 2.96. The Bertz CT molecular complexity index is 554. The zero-order valence-corrected chi connectivity index (χ0v) is 11.0. The van der Waals surface area contributed by atoms with E-state index in [1.54, 1.807) is 23.0 Å². The van der Waals surface area contributed by atoms with Gasteiger partial charge < -0.3 is 9.84 Å². The fourth-order valence-corrected chi connectivity index (χ4v) is 2.00. The maximum Gasteiger partial charge on any atom is 0.165 e. The van der Waals surface area contributed by atoms with Crippen LogP contribution in [0, 0.1) is 5.82 Å². The first-order valence-electron chi connectivity index (χ1n) is 6.20. The van der Waals surface area contributed by atoms with Crippen LogP contribution in [0.3, 0.4) is 0 Å². The molecule has 19 heavy (non-hydrogen) atoms. The quantitative estimate of drug-likeness (QED) is 0.902. The minimum Gasteiger partial charge on any atom is -0.494 e. The maximum absolute atomic E-state index is 13.6. The summed E-state index contributed by atoms with van der Waals surface area (Å²) in [5, 5.41) is 14.5. The third kappa shape index (κ3) is 2.76. The second-order valence-electron chi connectivity index (χ2n) is 4.28. The van der Waals surface area contributed by atoms with Gasteiger partial charge in [-0.05, 0) is 30.2 Å². The van der Waals surface area contributed by atoms with E-state index in [1.165, 1.54) is 19.2 Å². The molecule has 0 fully saturated rings. The van der Waals surface area contributed by atoms with Gasteiger partial charge in [0.15, 0.2) is 11.6 Å². The Labute approximate surface area is 111 Å². The Hall–Kier alpha value is -1.88. The minimum absolute atomic E-state index is 0.165. The summed E-state index contributed by atoms with van der Waals surface area (Å²) in [5.74, 6) is -0.321. The highest BCUT2D eigenvalue weighted by Crippen LogP contribution is 2.26. The number of aliphatic hydroxyl groups excluding tert-OH is 1. The Morgan fingerprint density at radius 1 is 1.42 bits per heavy atom. The van der Waals surface area contributed by atoms with Crippen molar-refractivity contribution in [1.29, 1.82) is 0 Å². The summed E-state index contributed by atoms with van der Waals surface area (Å²) in [6.07, 6.45) is 1.65. The van der Waals surface area contributed by atoms with Crippen LogP contribution in [0.25, 0.3) is 0 Å². The third-order valence-corrected chi connectivity index (χ3v) is 2.96. The number of nitrogens with zero attached hydrogens (tertiary/aromatic N) is 2. The summed E-state index contributed by atoms with van der Waals surface area (Å²) in [7, 11) is 1.41. The van der Waals surface area contributed by atoms with Gasteiger partial charge in [0, 0.05) is 12.7 Å². The molecule has 0 radical (unpaired) electrons. The summed E-state index contributed by atoms with van der Waals surface area (Å²) >= 11 is 0. The molecule has 1 aromatic carbocycles. The van der Waals surface area contributed by atoms with Crippen LogP contribution in [-0.2, 0) is 6.54 Å². The van der Waals surface area contributed by atoms with Gasteiger partial charge in [0.1, 0.15) is 6.10 Å². The number of rotatable bonds is 5. The van der Waals surface area contributed by atoms with Crippen LogP contribution < -0.4 is 4.74 Å². The molecule has 0 saturated heterocycles. The lowest BCUT2D eigenvalue weighted by molar-refractivity contribution is 0.206. The summed E-state index contributed by atoms with van der Waals surface area (Å²) < 4.78 is 20.2. The van der Waals surface area contributed by atoms with Crippen LogP contribution in [0.15, 0.2) is 30.5 Å². The van der Waals surface area contributed by atoms with E-state index in [1.807, 2.05) is 6.92 Å². The Balaban J connectivity index is 2.30. The zero-order chi connectivity index (χ0) is 13.8. The van der Waals surface area contributed by atoms with Crippen molar-refractivity contribution in [2.24, 2.45) is 0 Å². The number of aliphatic hydroxyl groups is 1. The van der Waals surface area contributed by atoms with E-state index >= 15 is 0 Å². The maximum atomic E-state index is 13.6. The molecule has 1 aromatic heterocycles. The number of benzene rings is 1. The molecule has 0 aliphatic rings. The minimum atomic E-state index is -0.894. The van der Waals surface area contributed by atoms with E-state index in [0.717, 1.165) is 13.0 Å². The molecular formula is C14H17FN2O2. The smallest absolute Gasteiger partial charge is 0.165 e. The van der Waals surface area contributed by atoms with E-state index in [2.05, 4.69) is 5.10 Å². The number of aromatic nitrogens is 2. The molecule has 0 saturated carbocycles. The molecule has 1 heterocycles. The standard InChI is InChI=1S/C14H17FN2O2/c1-3-8-17-12(6-7-16-17)14(18)10-4-5-13(19-2)11(15)9-10/h4-7,9,14,18H,3,8H2,1-2H3. The summed E-state index contributed by atoms with van der Waals surface area (Å²) in [4.78, 5) is 0. The Morgan fingerprint density at radius 3 is 2.84 bits per heavy atom. The fourth-order valence-electron chi connectivity index (χ4n) is 2.00. The van der Waals surface area contributed by atoms with Crippen molar-refractivity contribution in [2.45, 2.75) is 26.0 Å². The molecule has 0 aliphatic heterocycles.